The van der Waals surface area contributed by atoms with Gasteiger partial charge in [-0.2, -0.15) is 10.2 Å². The van der Waals surface area contributed by atoms with Crippen LogP contribution in [0.1, 0.15) is 50.4 Å². The first-order valence-corrected chi connectivity index (χ1v) is 10.2. The minimum absolute atomic E-state index is 0.139. The first-order valence-electron chi connectivity index (χ1n) is 10.2. The molecule has 30 heavy (non-hydrogen) atoms. The Morgan fingerprint density at radius 3 is 2.83 bits per heavy atom. The van der Waals surface area contributed by atoms with Crippen LogP contribution in [-0.2, 0) is 5.54 Å². The second-order valence-electron chi connectivity index (χ2n) is 8.72. The Kier molecular flexibility index (Phi) is 4.23. The molecule has 0 spiro atoms. The number of anilines is 1. The molecular formula is C22H24N6O2. The summed E-state index contributed by atoms with van der Waals surface area (Å²) in [4.78, 5) is 17.3. The maximum atomic E-state index is 13.0. The van der Waals surface area contributed by atoms with E-state index in [0.29, 0.717) is 22.6 Å². The van der Waals surface area contributed by atoms with Crippen molar-refractivity contribution in [1.29, 1.82) is 0 Å². The van der Waals surface area contributed by atoms with Crippen molar-refractivity contribution in [2.75, 3.05) is 5.32 Å². The van der Waals surface area contributed by atoms with Crippen LogP contribution in [0.3, 0.4) is 0 Å². The zero-order valence-electron chi connectivity index (χ0n) is 17.3. The Morgan fingerprint density at radius 2 is 2.10 bits per heavy atom. The van der Waals surface area contributed by atoms with Gasteiger partial charge in [0.25, 0.3) is 5.91 Å². The summed E-state index contributed by atoms with van der Waals surface area (Å²) in [6.07, 6.45) is 10.3. The molecule has 3 aromatic heterocycles. The van der Waals surface area contributed by atoms with Crippen LogP contribution in [0.4, 0.5) is 5.69 Å². The van der Waals surface area contributed by atoms with E-state index in [2.05, 4.69) is 36.2 Å². The van der Waals surface area contributed by atoms with E-state index in [9.17, 15) is 4.79 Å². The number of carbonyl (C=O) groups is 1. The van der Waals surface area contributed by atoms with Crippen molar-refractivity contribution in [2.24, 2.45) is 0 Å². The predicted octanol–water partition coefficient (Wildman–Crippen LogP) is 4.02. The molecule has 0 bridgehead atoms. The zero-order chi connectivity index (χ0) is 20.9. The fourth-order valence-corrected chi connectivity index (χ4v) is 3.44. The highest BCUT2D eigenvalue weighted by Crippen LogP contribution is 2.35. The lowest BCUT2D eigenvalue weighted by Crippen LogP contribution is -2.25. The Hall–Kier alpha value is -3.42. The molecule has 1 fully saturated rings. The molecule has 8 heteroatoms. The van der Waals surface area contributed by atoms with Crippen molar-refractivity contribution in [2.45, 2.75) is 51.7 Å². The molecule has 1 N–H and O–H groups in total. The quantitative estimate of drug-likeness (QED) is 0.555. The lowest BCUT2D eigenvalue weighted by molar-refractivity contribution is 0.102. The van der Waals surface area contributed by atoms with E-state index in [1.807, 2.05) is 23.0 Å². The van der Waals surface area contributed by atoms with Gasteiger partial charge in [-0.25, -0.2) is 9.50 Å². The molecule has 0 aliphatic heterocycles. The number of nitrogens with one attached hydrogen (secondary N) is 1. The van der Waals surface area contributed by atoms with Gasteiger partial charge in [-0.3, -0.25) is 9.48 Å². The van der Waals surface area contributed by atoms with Crippen LogP contribution >= 0.6 is 0 Å². The van der Waals surface area contributed by atoms with Crippen LogP contribution in [0, 0.1) is 0 Å². The first-order chi connectivity index (χ1) is 14.4. The lowest BCUT2D eigenvalue weighted by atomic mass is 9.96. The molecule has 5 rings (SSSR count). The molecule has 4 aromatic rings. The summed E-state index contributed by atoms with van der Waals surface area (Å²) < 4.78 is 9.71. The monoisotopic (exact) mass is 404 g/mol. The highest BCUT2D eigenvalue weighted by Gasteiger charge is 2.23. The average molecular weight is 404 g/mol. The number of amides is 1. The van der Waals surface area contributed by atoms with Gasteiger partial charge < -0.3 is 10.1 Å². The summed E-state index contributed by atoms with van der Waals surface area (Å²) in [6, 6.07) is 5.61. The van der Waals surface area contributed by atoms with Gasteiger partial charge in [0.1, 0.15) is 11.3 Å². The minimum atomic E-state index is -0.273. The first kappa shape index (κ1) is 18.6. The summed E-state index contributed by atoms with van der Waals surface area (Å²) >= 11 is 0. The number of carbonyl (C=O) groups excluding carboxylic acids is 1. The van der Waals surface area contributed by atoms with E-state index < -0.39 is 0 Å². The zero-order valence-corrected chi connectivity index (χ0v) is 17.3. The molecule has 0 radical (unpaired) electrons. The smallest absolute Gasteiger partial charge is 0.261 e. The molecule has 1 saturated carbocycles. The van der Waals surface area contributed by atoms with Crippen LogP contribution in [0.15, 0.2) is 43.0 Å². The number of hydrogen-bond acceptors (Lipinski definition) is 5. The maximum Gasteiger partial charge on any atom is 0.261 e. The van der Waals surface area contributed by atoms with Gasteiger partial charge in [-0.05, 0) is 52.2 Å². The number of hydrogen-bond donors (Lipinski definition) is 1. The third-order valence-electron chi connectivity index (χ3n) is 5.41. The standard InChI is InChI=1S/C22H24N6O2/c1-22(2,3)28-13-14-10-18(19(11-17(14)26-28)30-15-6-4-7-15)25-21(29)16-12-24-27-9-5-8-23-20(16)27/h5,8-13,15H,4,6-7H2,1-3H3,(H,25,29). The molecule has 154 valence electrons. The second kappa shape index (κ2) is 6.83. The summed E-state index contributed by atoms with van der Waals surface area (Å²) in [7, 11) is 0. The summed E-state index contributed by atoms with van der Waals surface area (Å²) in [5, 5.41) is 12.9. The van der Waals surface area contributed by atoms with Crippen molar-refractivity contribution < 1.29 is 9.53 Å². The Morgan fingerprint density at radius 1 is 1.27 bits per heavy atom. The van der Waals surface area contributed by atoms with Crippen LogP contribution in [0.2, 0.25) is 0 Å². The summed E-state index contributed by atoms with van der Waals surface area (Å²) in [5.41, 5.74) is 2.26. The van der Waals surface area contributed by atoms with E-state index in [0.717, 1.165) is 23.7 Å². The SMILES string of the molecule is CC(C)(C)n1cc2cc(NC(=O)c3cnn4cccnc34)c(OC3CCC3)cc2n1. The Balaban J connectivity index is 1.53. The van der Waals surface area contributed by atoms with Gasteiger partial charge in [0, 0.05) is 30.0 Å². The van der Waals surface area contributed by atoms with Gasteiger partial charge in [-0.1, -0.05) is 0 Å². The third kappa shape index (κ3) is 3.28. The minimum Gasteiger partial charge on any atom is -0.488 e. The summed E-state index contributed by atoms with van der Waals surface area (Å²) in [5.74, 6) is 0.369. The van der Waals surface area contributed by atoms with E-state index in [1.165, 1.54) is 12.6 Å². The number of aromatic nitrogens is 5. The number of fused-ring (bicyclic) bond motifs is 2. The molecule has 3 heterocycles. The van der Waals surface area contributed by atoms with Gasteiger partial charge in [0.05, 0.1) is 29.0 Å². The van der Waals surface area contributed by atoms with E-state index in [4.69, 9.17) is 9.84 Å². The molecule has 1 aliphatic carbocycles. The Bertz CT molecular complexity index is 1250. The largest absolute Gasteiger partial charge is 0.488 e. The Labute approximate surface area is 173 Å². The van der Waals surface area contributed by atoms with E-state index in [1.54, 1.807) is 23.0 Å². The number of nitrogens with zero attached hydrogens (tertiary/aromatic N) is 5. The fourth-order valence-electron chi connectivity index (χ4n) is 3.44. The van der Waals surface area contributed by atoms with Crippen molar-refractivity contribution in [3.63, 3.8) is 0 Å². The fraction of sp³-hybridized carbons (Fsp3) is 0.364. The molecule has 8 nitrogen and oxygen atoms in total. The summed E-state index contributed by atoms with van der Waals surface area (Å²) in [6.45, 7) is 6.31. The highest BCUT2D eigenvalue weighted by molar-refractivity contribution is 6.09. The van der Waals surface area contributed by atoms with Gasteiger partial charge in [0.15, 0.2) is 5.65 Å². The topological polar surface area (TPSA) is 86.3 Å². The van der Waals surface area contributed by atoms with Crippen LogP contribution in [-0.4, -0.2) is 36.4 Å². The van der Waals surface area contributed by atoms with Crippen molar-refractivity contribution >= 4 is 28.1 Å². The average Bonchev–Trinajstić information content (AvgIpc) is 3.28. The second-order valence-corrected chi connectivity index (χ2v) is 8.72. The molecule has 0 atom stereocenters. The van der Waals surface area contributed by atoms with Gasteiger partial charge in [-0.15, -0.1) is 0 Å². The lowest BCUT2D eigenvalue weighted by Gasteiger charge is -2.27. The molecule has 0 unspecified atom stereocenters. The van der Waals surface area contributed by atoms with Crippen molar-refractivity contribution in [1.82, 2.24) is 24.4 Å². The molecular weight excluding hydrogens is 380 g/mol. The maximum absolute atomic E-state index is 13.0. The number of rotatable bonds is 4. The third-order valence-corrected chi connectivity index (χ3v) is 5.41. The van der Waals surface area contributed by atoms with Crippen LogP contribution < -0.4 is 10.1 Å². The molecule has 1 aromatic carbocycles. The number of benzene rings is 1. The van der Waals surface area contributed by atoms with Gasteiger partial charge in [0.2, 0.25) is 0 Å². The van der Waals surface area contributed by atoms with Crippen molar-refractivity contribution in [3.8, 4) is 5.75 Å². The molecule has 1 amide bonds. The van der Waals surface area contributed by atoms with E-state index >= 15 is 0 Å². The highest BCUT2D eigenvalue weighted by atomic mass is 16.5. The normalized spacial score (nSPS) is 14.8. The van der Waals surface area contributed by atoms with Crippen molar-refractivity contribution in [3.05, 3.63) is 48.5 Å². The predicted molar refractivity (Wildman–Crippen MR) is 114 cm³/mol. The van der Waals surface area contributed by atoms with Gasteiger partial charge >= 0.3 is 0 Å². The van der Waals surface area contributed by atoms with Crippen LogP contribution in [0.25, 0.3) is 16.6 Å². The number of ether oxygens (including phenoxy) is 1. The molecule has 1 aliphatic rings. The van der Waals surface area contributed by atoms with Crippen LogP contribution in [0.5, 0.6) is 5.75 Å². The molecule has 0 saturated heterocycles. The van der Waals surface area contributed by atoms with E-state index in [-0.39, 0.29) is 17.6 Å².